The van der Waals surface area contributed by atoms with Gasteiger partial charge < -0.3 is 35.1 Å². The number of hydrogen-bond acceptors (Lipinski definition) is 8. The van der Waals surface area contributed by atoms with Crippen molar-refractivity contribution in [3.8, 4) is 5.75 Å². The van der Waals surface area contributed by atoms with E-state index in [1.165, 1.54) is 0 Å². The third kappa shape index (κ3) is 7.38. The van der Waals surface area contributed by atoms with Crippen LogP contribution in [0.2, 0.25) is 0 Å². The lowest BCUT2D eigenvalue weighted by atomic mass is 9.91. The molecule has 10 nitrogen and oxygen atoms in total. The average Bonchev–Trinajstić information content (AvgIpc) is 4.08. The summed E-state index contributed by atoms with van der Waals surface area (Å²) in [5, 5.41) is 24.8. The number of allylic oxidation sites excluding steroid dienone is 1. The van der Waals surface area contributed by atoms with E-state index in [4.69, 9.17) is 19.3 Å². The average molecular weight is 679 g/mol. The van der Waals surface area contributed by atoms with Crippen LogP contribution in [-0.4, -0.2) is 65.2 Å². The van der Waals surface area contributed by atoms with Crippen LogP contribution >= 0.6 is 0 Å². The number of carbonyl (C=O) groups excluding carboxylic acids is 3. The topological polar surface area (TPSA) is 143 Å². The van der Waals surface area contributed by atoms with Gasteiger partial charge in [-0.2, -0.15) is 0 Å². The molecule has 2 saturated carbocycles. The van der Waals surface area contributed by atoms with Crippen LogP contribution in [0.1, 0.15) is 69.5 Å². The quantitative estimate of drug-likeness (QED) is 0.188. The summed E-state index contributed by atoms with van der Waals surface area (Å²) in [4.78, 5) is 39.9. The molecule has 1 aliphatic heterocycles. The van der Waals surface area contributed by atoms with Crippen LogP contribution in [0.3, 0.4) is 0 Å². The number of ether oxygens (including phenoxy) is 3. The normalized spacial score (nSPS) is 22.4. The van der Waals surface area contributed by atoms with Crippen molar-refractivity contribution >= 4 is 23.9 Å². The number of aromatic hydroxyl groups is 1. The molecule has 10 heteroatoms. The minimum absolute atomic E-state index is 0.151. The van der Waals surface area contributed by atoms with Gasteiger partial charge in [-0.1, -0.05) is 60.7 Å². The fourth-order valence-corrected chi connectivity index (χ4v) is 6.98. The summed E-state index contributed by atoms with van der Waals surface area (Å²) < 4.78 is 19.7. The Hall–Kier alpha value is -4.77. The Labute approximate surface area is 291 Å². The summed E-state index contributed by atoms with van der Waals surface area (Å²) >= 11 is 0. The van der Waals surface area contributed by atoms with Gasteiger partial charge in [0.15, 0.2) is 5.79 Å². The van der Waals surface area contributed by atoms with E-state index < -0.39 is 30.1 Å². The molecule has 50 heavy (non-hydrogen) atoms. The third-order valence-corrected chi connectivity index (χ3v) is 9.81. The Kier molecular flexibility index (Phi) is 9.85. The number of esters is 1. The number of para-hydroxylation sites is 1. The van der Waals surface area contributed by atoms with Crippen LogP contribution in [0.5, 0.6) is 5.75 Å². The summed E-state index contributed by atoms with van der Waals surface area (Å²) in [5.74, 6) is -1.06. The first-order chi connectivity index (χ1) is 24.3. The molecule has 3 aliphatic carbocycles. The standard InChI is InChI=1S/C40H42N2O8/c43-20-19-41-37(45)28-12-5-7-25(21-28)24-42-38(46)29-22-34(36-35(23-29)49-40(50-36,30-15-16-30)31-17-18-31)48-39(47)32-13-3-1-8-26(32)10-6-11-27-9-2-4-14-33(27)44/h1-10,12-14,21,23,30-31,34-36,43-44H,11,15-20,22,24H2,(H,41,45)(H,42,46). The van der Waals surface area contributed by atoms with E-state index in [2.05, 4.69) is 10.6 Å². The monoisotopic (exact) mass is 678 g/mol. The Morgan fingerprint density at radius 2 is 1.66 bits per heavy atom. The third-order valence-electron chi connectivity index (χ3n) is 9.81. The summed E-state index contributed by atoms with van der Waals surface area (Å²) in [6.07, 6.45) is 8.45. The first kappa shape index (κ1) is 33.7. The molecule has 3 fully saturated rings. The molecule has 0 aromatic heterocycles. The molecule has 3 atom stereocenters. The zero-order valence-electron chi connectivity index (χ0n) is 27.8. The number of hydrogen-bond donors (Lipinski definition) is 4. The van der Waals surface area contributed by atoms with Crippen molar-refractivity contribution in [3.05, 3.63) is 118 Å². The van der Waals surface area contributed by atoms with E-state index in [-0.39, 0.29) is 43.7 Å². The number of carbonyl (C=O) groups is 3. The van der Waals surface area contributed by atoms with Crippen LogP contribution in [0.15, 0.2) is 90.5 Å². The van der Waals surface area contributed by atoms with Gasteiger partial charge in [0, 0.05) is 42.5 Å². The minimum Gasteiger partial charge on any atom is -0.508 e. The molecule has 1 saturated heterocycles. The van der Waals surface area contributed by atoms with E-state index in [1.54, 1.807) is 42.5 Å². The highest BCUT2D eigenvalue weighted by Crippen LogP contribution is 2.59. The summed E-state index contributed by atoms with van der Waals surface area (Å²) in [7, 11) is 0. The smallest absolute Gasteiger partial charge is 0.339 e. The Balaban J connectivity index is 1.08. The zero-order chi connectivity index (χ0) is 34.7. The first-order valence-corrected chi connectivity index (χ1v) is 17.4. The van der Waals surface area contributed by atoms with Crippen molar-refractivity contribution in [1.29, 1.82) is 0 Å². The molecule has 2 amide bonds. The van der Waals surface area contributed by atoms with Gasteiger partial charge in [0.1, 0.15) is 24.1 Å². The second kappa shape index (κ2) is 14.6. The number of aliphatic hydroxyl groups is 1. The molecule has 3 unspecified atom stereocenters. The predicted molar refractivity (Wildman–Crippen MR) is 185 cm³/mol. The van der Waals surface area contributed by atoms with E-state index in [9.17, 15) is 19.5 Å². The highest BCUT2D eigenvalue weighted by molar-refractivity contribution is 5.96. The summed E-state index contributed by atoms with van der Waals surface area (Å²) in [6.45, 7) is 0.177. The van der Waals surface area contributed by atoms with Gasteiger partial charge in [-0.15, -0.1) is 0 Å². The Morgan fingerprint density at radius 3 is 2.42 bits per heavy atom. The number of fused-ring (bicyclic) bond motifs is 1. The van der Waals surface area contributed by atoms with Crippen LogP contribution in [0.4, 0.5) is 0 Å². The van der Waals surface area contributed by atoms with Crippen molar-refractivity contribution in [1.82, 2.24) is 10.6 Å². The summed E-state index contributed by atoms with van der Waals surface area (Å²) in [5.41, 5.74) is 3.45. The van der Waals surface area contributed by atoms with Crippen LogP contribution in [0.25, 0.3) is 6.08 Å². The number of phenols is 1. The van der Waals surface area contributed by atoms with E-state index in [1.807, 2.05) is 48.6 Å². The van der Waals surface area contributed by atoms with Gasteiger partial charge in [-0.3, -0.25) is 9.59 Å². The van der Waals surface area contributed by atoms with Crippen LogP contribution in [0, 0.1) is 11.8 Å². The van der Waals surface area contributed by atoms with Gasteiger partial charge in [0.05, 0.1) is 12.2 Å². The zero-order valence-corrected chi connectivity index (χ0v) is 27.8. The minimum atomic E-state index is -0.755. The van der Waals surface area contributed by atoms with Crippen molar-refractivity contribution in [2.45, 2.75) is 69.2 Å². The first-order valence-electron chi connectivity index (χ1n) is 17.4. The van der Waals surface area contributed by atoms with Gasteiger partial charge in [0.2, 0.25) is 5.91 Å². The molecular formula is C40H42N2O8. The second-order valence-corrected chi connectivity index (χ2v) is 13.5. The van der Waals surface area contributed by atoms with Crippen LogP contribution < -0.4 is 10.6 Å². The highest BCUT2D eigenvalue weighted by atomic mass is 16.8. The molecule has 7 rings (SSSR count). The fraction of sp³-hybridized carbons (Fsp3) is 0.375. The van der Waals surface area contributed by atoms with E-state index in [0.29, 0.717) is 40.5 Å². The van der Waals surface area contributed by atoms with Gasteiger partial charge in [-0.05, 0) is 79.1 Å². The lowest BCUT2D eigenvalue weighted by Gasteiger charge is -2.31. The van der Waals surface area contributed by atoms with E-state index >= 15 is 0 Å². The maximum atomic E-state index is 13.8. The predicted octanol–water partition coefficient (Wildman–Crippen LogP) is 4.84. The molecule has 4 aliphatic rings. The largest absolute Gasteiger partial charge is 0.508 e. The molecule has 0 spiro atoms. The number of benzene rings is 3. The SMILES string of the molecule is O=C(NCc1cccc(C(=O)NCCO)c1)C1=CC2OC(C3CC3)(C3CC3)OC2C(OC(=O)c2ccccc2C=CCc2ccccc2O)C1. The van der Waals surface area contributed by atoms with Gasteiger partial charge in [-0.25, -0.2) is 4.79 Å². The van der Waals surface area contributed by atoms with Crippen molar-refractivity contribution < 1.29 is 38.8 Å². The molecular weight excluding hydrogens is 636 g/mol. The molecule has 4 N–H and O–H groups in total. The number of nitrogens with one attached hydrogen (secondary N) is 2. The maximum Gasteiger partial charge on any atom is 0.339 e. The molecule has 1 heterocycles. The second-order valence-electron chi connectivity index (χ2n) is 13.5. The van der Waals surface area contributed by atoms with E-state index in [0.717, 1.165) is 36.8 Å². The fourth-order valence-electron chi connectivity index (χ4n) is 6.98. The number of aliphatic hydroxyl groups excluding tert-OH is 1. The summed E-state index contributed by atoms with van der Waals surface area (Å²) in [6, 6.07) is 21.3. The number of phenolic OH excluding ortho intramolecular Hbond substituents is 1. The lowest BCUT2D eigenvalue weighted by Crippen LogP contribution is -2.44. The Morgan fingerprint density at radius 1 is 0.900 bits per heavy atom. The number of amides is 2. The molecule has 3 aromatic carbocycles. The van der Waals surface area contributed by atoms with Crippen molar-refractivity contribution in [2.75, 3.05) is 13.2 Å². The van der Waals surface area contributed by atoms with Gasteiger partial charge >= 0.3 is 5.97 Å². The van der Waals surface area contributed by atoms with Crippen molar-refractivity contribution in [2.24, 2.45) is 11.8 Å². The number of rotatable bonds is 13. The molecule has 0 radical (unpaired) electrons. The van der Waals surface area contributed by atoms with Crippen molar-refractivity contribution in [3.63, 3.8) is 0 Å². The highest BCUT2D eigenvalue weighted by Gasteiger charge is 2.64. The van der Waals surface area contributed by atoms with Crippen LogP contribution in [-0.2, 0) is 32.0 Å². The molecule has 3 aromatic rings. The van der Waals surface area contributed by atoms with Gasteiger partial charge in [0.25, 0.3) is 5.91 Å². The lowest BCUT2D eigenvalue weighted by molar-refractivity contribution is -0.209. The maximum absolute atomic E-state index is 13.8. The molecule has 260 valence electrons. The Bertz CT molecular complexity index is 1800. The molecule has 0 bridgehead atoms.